The van der Waals surface area contributed by atoms with E-state index < -0.39 is 0 Å². The largest absolute Gasteiger partial charge is 0.373 e. The van der Waals surface area contributed by atoms with Gasteiger partial charge in [0.1, 0.15) is 17.5 Å². The van der Waals surface area contributed by atoms with Crippen molar-refractivity contribution in [2.75, 3.05) is 17.7 Å². The lowest BCUT2D eigenvalue weighted by Gasteiger charge is -2.12. The molecule has 0 aliphatic heterocycles. The number of nitrogens with one attached hydrogen (secondary N) is 2. The minimum Gasteiger partial charge on any atom is -0.373 e. The molecule has 6 heteroatoms. The molecule has 0 atom stereocenters. The van der Waals surface area contributed by atoms with E-state index in [0.29, 0.717) is 6.54 Å². The number of hydrogen-bond donors (Lipinski definition) is 2. The third-order valence-electron chi connectivity index (χ3n) is 2.82. The van der Waals surface area contributed by atoms with Crippen LogP contribution < -0.4 is 10.6 Å². The topological polar surface area (TPSA) is 75.9 Å². The van der Waals surface area contributed by atoms with Gasteiger partial charge in [0.15, 0.2) is 5.76 Å². The van der Waals surface area contributed by atoms with Crippen molar-refractivity contribution in [3.63, 3.8) is 0 Å². The molecule has 0 amide bonds. The fourth-order valence-corrected chi connectivity index (χ4v) is 1.82. The lowest BCUT2D eigenvalue weighted by atomic mass is 10.2. The zero-order valence-electron chi connectivity index (χ0n) is 11.5. The van der Waals surface area contributed by atoms with Gasteiger partial charge in [-0.2, -0.15) is 0 Å². The molecule has 0 saturated heterocycles. The van der Waals surface area contributed by atoms with Gasteiger partial charge in [-0.25, -0.2) is 9.97 Å². The average Bonchev–Trinajstić information content (AvgIpc) is 2.92. The Morgan fingerprint density at radius 3 is 2.68 bits per heavy atom. The first-order chi connectivity index (χ1) is 9.24. The molecule has 0 aliphatic carbocycles. The summed E-state index contributed by atoms with van der Waals surface area (Å²) in [5.41, 5.74) is 1.00. The van der Waals surface area contributed by atoms with Crippen LogP contribution in [0.5, 0.6) is 0 Å². The molecule has 6 nitrogen and oxygen atoms in total. The van der Waals surface area contributed by atoms with E-state index in [0.717, 1.165) is 41.6 Å². The van der Waals surface area contributed by atoms with Crippen molar-refractivity contribution in [3.8, 4) is 0 Å². The van der Waals surface area contributed by atoms with Crippen LogP contribution in [0, 0.1) is 6.92 Å². The first-order valence-electron chi connectivity index (χ1n) is 6.43. The molecule has 0 aliphatic rings. The zero-order chi connectivity index (χ0) is 13.7. The monoisotopic (exact) mass is 261 g/mol. The van der Waals surface area contributed by atoms with Crippen molar-refractivity contribution in [1.29, 1.82) is 0 Å². The molecule has 0 spiro atoms. The smallest absolute Gasteiger partial charge is 0.155 e. The lowest BCUT2D eigenvalue weighted by Crippen LogP contribution is -2.09. The Bertz CT molecular complexity index is 524. The van der Waals surface area contributed by atoms with E-state index in [-0.39, 0.29) is 0 Å². The third kappa shape index (κ3) is 3.21. The number of hydrogen-bond acceptors (Lipinski definition) is 6. The molecule has 0 unspecified atom stereocenters. The molecule has 0 aromatic carbocycles. The minimum atomic E-state index is 0.562. The highest BCUT2D eigenvalue weighted by Crippen LogP contribution is 2.20. The summed E-state index contributed by atoms with van der Waals surface area (Å²) >= 11 is 0. The maximum atomic E-state index is 5.06. The molecular weight excluding hydrogens is 242 g/mol. The summed E-state index contributed by atoms with van der Waals surface area (Å²) in [4.78, 5) is 9.03. The number of anilines is 2. The molecular formula is C13H19N5O. The van der Waals surface area contributed by atoms with E-state index in [1.165, 1.54) is 0 Å². The van der Waals surface area contributed by atoms with Gasteiger partial charge in [0.2, 0.25) is 0 Å². The zero-order valence-corrected chi connectivity index (χ0v) is 11.5. The van der Waals surface area contributed by atoms with Crippen molar-refractivity contribution >= 4 is 11.6 Å². The Morgan fingerprint density at radius 2 is 2.05 bits per heavy atom. The van der Waals surface area contributed by atoms with Gasteiger partial charge in [-0.15, -0.1) is 0 Å². The van der Waals surface area contributed by atoms with Crippen LogP contribution >= 0.6 is 0 Å². The Labute approximate surface area is 112 Å². The molecule has 2 N–H and O–H groups in total. The number of rotatable bonds is 6. The van der Waals surface area contributed by atoms with Crippen molar-refractivity contribution in [3.05, 3.63) is 29.4 Å². The number of aryl methyl sites for hydroxylation is 1. The van der Waals surface area contributed by atoms with Gasteiger partial charge in [0, 0.05) is 25.1 Å². The van der Waals surface area contributed by atoms with Crippen LogP contribution in [0.15, 0.2) is 16.8 Å². The van der Waals surface area contributed by atoms with Gasteiger partial charge in [-0.1, -0.05) is 12.1 Å². The highest BCUT2D eigenvalue weighted by atomic mass is 16.5. The van der Waals surface area contributed by atoms with Crippen molar-refractivity contribution in [2.45, 2.75) is 33.2 Å². The van der Waals surface area contributed by atoms with Crippen molar-refractivity contribution < 1.29 is 4.52 Å². The Morgan fingerprint density at radius 1 is 1.26 bits per heavy atom. The first-order valence-corrected chi connectivity index (χ1v) is 6.43. The van der Waals surface area contributed by atoms with Crippen molar-refractivity contribution in [1.82, 2.24) is 15.1 Å². The average molecular weight is 261 g/mol. The van der Waals surface area contributed by atoms with Crippen molar-refractivity contribution in [2.24, 2.45) is 0 Å². The SMILES string of the molecule is CCCc1nc(NC)c(C)c(NCc2ccno2)n1. The summed E-state index contributed by atoms with van der Waals surface area (Å²) in [6.07, 6.45) is 3.52. The van der Waals surface area contributed by atoms with E-state index in [1.807, 2.05) is 20.0 Å². The van der Waals surface area contributed by atoms with Crippen LogP contribution in [-0.4, -0.2) is 22.2 Å². The summed E-state index contributed by atoms with van der Waals surface area (Å²) in [5.74, 6) is 3.32. The Kier molecular flexibility index (Phi) is 4.33. The van der Waals surface area contributed by atoms with Crippen LogP contribution in [-0.2, 0) is 13.0 Å². The predicted molar refractivity (Wildman–Crippen MR) is 74.1 cm³/mol. The molecule has 2 aromatic rings. The summed E-state index contributed by atoms with van der Waals surface area (Å²) in [7, 11) is 1.87. The van der Waals surface area contributed by atoms with E-state index in [1.54, 1.807) is 6.20 Å². The fourth-order valence-electron chi connectivity index (χ4n) is 1.82. The number of aromatic nitrogens is 3. The first kappa shape index (κ1) is 13.3. The van der Waals surface area contributed by atoms with E-state index >= 15 is 0 Å². The van der Waals surface area contributed by atoms with Gasteiger partial charge in [0.05, 0.1) is 12.7 Å². The number of nitrogens with zero attached hydrogens (tertiary/aromatic N) is 3. The highest BCUT2D eigenvalue weighted by Gasteiger charge is 2.10. The molecule has 19 heavy (non-hydrogen) atoms. The molecule has 2 rings (SSSR count). The maximum Gasteiger partial charge on any atom is 0.155 e. The quantitative estimate of drug-likeness (QED) is 0.831. The molecule has 0 fully saturated rings. The van der Waals surface area contributed by atoms with E-state index in [2.05, 4.69) is 32.7 Å². The summed E-state index contributed by atoms with van der Waals surface area (Å²) in [5, 5.41) is 10.0. The molecule has 102 valence electrons. The van der Waals surface area contributed by atoms with Gasteiger partial charge < -0.3 is 15.2 Å². The molecule has 2 heterocycles. The Balaban J connectivity index is 2.19. The Hall–Kier alpha value is -2.11. The van der Waals surface area contributed by atoms with Gasteiger partial charge in [-0.05, 0) is 13.3 Å². The highest BCUT2D eigenvalue weighted by molar-refractivity contribution is 5.57. The molecule has 0 bridgehead atoms. The second-order valence-electron chi connectivity index (χ2n) is 4.29. The summed E-state index contributed by atoms with van der Waals surface area (Å²) < 4.78 is 5.06. The van der Waals surface area contributed by atoms with E-state index in [4.69, 9.17) is 4.52 Å². The standard InChI is InChI=1S/C13H19N5O/c1-4-5-11-17-12(14-3)9(2)13(18-11)15-8-10-6-7-16-19-10/h6-7H,4-5,8H2,1-3H3,(H2,14,15,17,18). The van der Waals surface area contributed by atoms with Crippen LogP contribution in [0.25, 0.3) is 0 Å². The lowest BCUT2D eigenvalue weighted by molar-refractivity contribution is 0.388. The van der Waals surface area contributed by atoms with Crippen LogP contribution in [0.4, 0.5) is 11.6 Å². The molecule has 0 radical (unpaired) electrons. The van der Waals surface area contributed by atoms with Crippen LogP contribution in [0.2, 0.25) is 0 Å². The predicted octanol–water partition coefficient (Wildman–Crippen LogP) is 2.38. The van der Waals surface area contributed by atoms with Gasteiger partial charge in [-0.3, -0.25) is 0 Å². The second kappa shape index (κ2) is 6.17. The molecule has 0 saturated carbocycles. The van der Waals surface area contributed by atoms with Gasteiger partial charge in [0.25, 0.3) is 0 Å². The minimum absolute atomic E-state index is 0.562. The maximum absolute atomic E-state index is 5.06. The fraction of sp³-hybridized carbons (Fsp3) is 0.462. The van der Waals surface area contributed by atoms with Crippen LogP contribution in [0.3, 0.4) is 0 Å². The summed E-state index contributed by atoms with van der Waals surface area (Å²) in [6, 6.07) is 1.83. The summed E-state index contributed by atoms with van der Waals surface area (Å²) in [6.45, 7) is 4.67. The normalized spacial score (nSPS) is 10.5. The molecule has 2 aromatic heterocycles. The third-order valence-corrected chi connectivity index (χ3v) is 2.82. The van der Waals surface area contributed by atoms with Gasteiger partial charge >= 0.3 is 0 Å². The van der Waals surface area contributed by atoms with Crippen LogP contribution in [0.1, 0.15) is 30.5 Å². The second-order valence-corrected chi connectivity index (χ2v) is 4.29. The van der Waals surface area contributed by atoms with E-state index in [9.17, 15) is 0 Å².